The van der Waals surface area contributed by atoms with E-state index in [0.717, 1.165) is 0 Å². The summed E-state index contributed by atoms with van der Waals surface area (Å²) in [5.41, 5.74) is -1.16. The maximum absolute atomic E-state index is 11.4. The van der Waals surface area contributed by atoms with Gasteiger partial charge in [-0.15, -0.1) is 0 Å². The van der Waals surface area contributed by atoms with Crippen LogP contribution in [-0.2, 0) is 15.1 Å². The molecule has 1 N–H and O–H groups in total. The maximum atomic E-state index is 11.4. The highest BCUT2D eigenvalue weighted by molar-refractivity contribution is 5.80. The van der Waals surface area contributed by atoms with E-state index in [1.165, 1.54) is 14.0 Å². The molecule has 1 atom stereocenters. The molecule has 1 unspecified atom stereocenters. The number of rotatable bonds is 4. The predicted octanol–water partition coefficient (Wildman–Crippen LogP) is 1.85. The summed E-state index contributed by atoms with van der Waals surface area (Å²) in [5, 5.41) is 10.0. The molecule has 0 fully saturated rings. The van der Waals surface area contributed by atoms with Crippen LogP contribution in [0.2, 0.25) is 0 Å². The Morgan fingerprint density at radius 1 is 1.29 bits per heavy atom. The molecular weight excluding hydrogens is 220 g/mol. The third kappa shape index (κ3) is 3.20. The number of carbonyl (C=O) groups excluding carboxylic acids is 1. The van der Waals surface area contributed by atoms with Crippen molar-refractivity contribution in [1.29, 1.82) is 0 Å². The Morgan fingerprint density at radius 3 is 2.24 bits per heavy atom. The zero-order chi connectivity index (χ0) is 13.1. The molecule has 4 nitrogen and oxygen atoms in total. The number of benzene rings is 1. The van der Waals surface area contributed by atoms with Crippen LogP contribution in [-0.4, -0.2) is 24.3 Å². The van der Waals surface area contributed by atoms with E-state index < -0.39 is 11.6 Å². The molecular formula is C13H18O4. The summed E-state index contributed by atoms with van der Waals surface area (Å²) in [4.78, 5) is 11.4. The van der Waals surface area contributed by atoms with E-state index in [-0.39, 0.29) is 6.10 Å². The number of esters is 1. The van der Waals surface area contributed by atoms with Crippen molar-refractivity contribution in [3.05, 3.63) is 29.8 Å². The smallest absolute Gasteiger partial charge is 0.342 e. The van der Waals surface area contributed by atoms with Crippen LogP contribution in [0.5, 0.6) is 5.75 Å². The first kappa shape index (κ1) is 13.5. The molecule has 17 heavy (non-hydrogen) atoms. The minimum Gasteiger partial charge on any atom is -0.491 e. The lowest BCUT2D eigenvalue weighted by Crippen LogP contribution is -2.33. The first-order valence-electron chi connectivity index (χ1n) is 5.46. The second kappa shape index (κ2) is 5.19. The number of hydrogen-bond acceptors (Lipinski definition) is 4. The molecule has 0 spiro atoms. The maximum Gasteiger partial charge on any atom is 0.342 e. The van der Waals surface area contributed by atoms with E-state index in [9.17, 15) is 9.90 Å². The molecule has 0 bridgehead atoms. The molecule has 0 saturated carbocycles. The summed E-state index contributed by atoms with van der Waals surface area (Å²) in [6, 6.07) is 6.72. The highest BCUT2D eigenvalue weighted by Gasteiger charge is 2.33. The molecule has 0 radical (unpaired) electrons. The van der Waals surface area contributed by atoms with Crippen molar-refractivity contribution in [2.75, 3.05) is 7.11 Å². The van der Waals surface area contributed by atoms with Gasteiger partial charge in [0.25, 0.3) is 0 Å². The van der Waals surface area contributed by atoms with Gasteiger partial charge in [-0.1, -0.05) is 12.1 Å². The van der Waals surface area contributed by atoms with Crippen molar-refractivity contribution >= 4 is 5.97 Å². The molecule has 0 amide bonds. The van der Waals surface area contributed by atoms with Crippen LogP contribution in [0.4, 0.5) is 0 Å². The minimum absolute atomic E-state index is 0.0852. The molecule has 1 aromatic rings. The lowest BCUT2D eigenvalue weighted by Gasteiger charge is -2.21. The van der Waals surface area contributed by atoms with Gasteiger partial charge in [-0.25, -0.2) is 4.79 Å². The molecule has 1 aromatic carbocycles. The van der Waals surface area contributed by atoms with Gasteiger partial charge in [0.15, 0.2) is 5.60 Å². The van der Waals surface area contributed by atoms with Gasteiger partial charge in [0.1, 0.15) is 5.75 Å². The predicted molar refractivity (Wildman–Crippen MR) is 63.8 cm³/mol. The third-order valence-electron chi connectivity index (χ3n) is 2.37. The second-order valence-corrected chi connectivity index (χ2v) is 4.25. The largest absolute Gasteiger partial charge is 0.491 e. The standard InChI is InChI=1S/C13H18O4/c1-9(2)17-11-7-5-10(6-8-11)13(3,15)12(14)16-4/h5-9,15H,1-4H3. The van der Waals surface area contributed by atoms with Gasteiger partial charge in [0.05, 0.1) is 13.2 Å². The summed E-state index contributed by atoms with van der Waals surface area (Å²) < 4.78 is 10.0. The van der Waals surface area contributed by atoms with Gasteiger partial charge in [-0.3, -0.25) is 0 Å². The Balaban J connectivity index is 2.90. The van der Waals surface area contributed by atoms with Crippen molar-refractivity contribution in [2.24, 2.45) is 0 Å². The van der Waals surface area contributed by atoms with Crippen molar-refractivity contribution in [3.63, 3.8) is 0 Å². The summed E-state index contributed by atoms with van der Waals surface area (Å²) in [6.45, 7) is 5.26. The van der Waals surface area contributed by atoms with Gasteiger partial charge in [0, 0.05) is 0 Å². The van der Waals surface area contributed by atoms with E-state index >= 15 is 0 Å². The van der Waals surface area contributed by atoms with Crippen molar-refractivity contribution in [2.45, 2.75) is 32.5 Å². The normalized spacial score (nSPS) is 14.2. The van der Waals surface area contributed by atoms with Crippen molar-refractivity contribution < 1.29 is 19.4 Å². The number of carbonyl (C=O) groups is 1. The molecule has 0 aromatic heterocycles. The Hall–Kier alpha value is -1.55. The molecule has 0 saturated heterocycles. The second-order valence-electron chi connectivity index (χ2n) is 4.25. The van der Waals surface area contributed by atoms with Gasteiger partial charge >= 0.3 is 5.97 Å². The number of methoxy groups -OCH3 is 1. The van der Waals surface area contributed by atoms with E-state index in [1.807, 2.05) is 13.8 Å². The summed E-state index contributed by atoms with van der Waals surface area (Å²) in [7, 11) is 1.24. The minimum atomic E-state index is -1.63. The molecule has 94 valence electrons. The summed E-state index contributed by atoms with van der Waals surface area (Å²) in [6.07, 6.45) is 0.0852. The van der Waals surface area contributed by atoms with Crippen LogP contribution in [0, 0.1) is 0 Å². The average molecular weight is 238 g/mol. The van der Waals surface area contributed by atoms with Gasteiger partial charge in [-0.05, 0) is 38.5 Å². The highest BCUT2D eigenvalue weighted by Crippen LogP contribution is 2.24. The summed E-state index contributed by atoms with van der Waals surface area (Å²) in [5.74, 6) is 0.0134. The molecule has 4 heteroatoms. The molecule has 0 aliphatic rings. The number of hydrogen-bond donors (Lipinski definition) is 1. The van der Waals surface area contributed by atoms with Crippen LogP contribution < -0.4 is 4.74 Å². The Bertz CT molecular complexity index is 379. The van der Waals surface area contributed by atoms with Crippen molar-refractivity contribution in [1.82, 2.24) is 0 Å². The monoisotopic (exact) mass is 238 g/mol. The first-order chi connectivity index (χ1) is 7.87. The van der Waals surface area contributed by atoms with E-state index in [1.54, 1.807) is 24.3 Å². The quantitative estimate of drug-likeness (QED) is 0.813. The topological polar surface area (TPSA) is 55.8 Å². The fourth-order valence-corrected chi connectivity index (χ4v) is 1.45. The fourth-order valence-electron chi connectivity index (χ4n) is 1.45. The van der Waals surface area contributed by atoms with E-state index in [0.29, 0.717) is 11.3 Å². The van der Waals surface area contributed by atoms with Crippen LogP contribution in [0.15, 0.2) is 24.3 Å². The van der Waals surface area contributed by atoms with Crippen LogP contribution in [0.25, 0.3) is 0 Å². The van der Waals surface area contributed by atoms with E-state index in [4.69, 9.17) is 4.74 Å². The zero-order valence-corrected chi connectivity index (χ0v) is 10.6. The Kier molecular flexibility index (Phi) is 4.12. The molecule has 0 aliphatic carbocycles. The van der Waals surface area contributed by atoms with Crippen LogP contribution in [0.1, 0.15) is 26.3 Å². The number of aliphatic hydroxyl groups is 1. The molecule has 0 aliphatic heterocycles. The Morgan fingerprint density at radius 2 is 1.82 bits per heavy atom. The molecule has 1 rings (SSSR count). The zero-order valence-electron chi connectivity index (χ0n) is 10.6. The van der Waals surface area contributed by atoms with Crippen LogP contribution in [0.3, 0.4) is 0 Å². The van der Waals surface area contributed by atoms with Crippen LogP contribution >= 0.6 is 0 Å². The lowest BCUT2D eigenvalue weighted by atomic mass is 9.96. The third-order valence-corrected chi connectivity index (χ3v) is 2.37. The fraction of sp³-hybridized carbons (Fsp3) is 0.462. The SMILES string of the molecule is COC(=O)C(C)(O)c1ccc(OC(C)C)cc1. The highest BCUT2D eigenvalue weighted by atomic mass is 16.5. The van der Waals surface area contributed by atoms with Crippen molar-refractivity contribution in [3.8, 4) is 5.75 Å². The summed E-state index contributed by atoms with van der Waals surface area (Å²) >= 11 is 0. The lowest BCUT2D eigenvalue weighted by molar-refractivity contribution is -0.161. The first-order valence-corrected chi connectivity index (χ1v) is 5.46. The Labute approximate surface area is 101 Å². The van der Waals surface area contributed by atoms with E-state index in [2.05, 4.69) is 4.74 Å². The van der Waals surface area contributed by atoms with Gasteiger partial charge in [-0.2, -0.15) is 0 Å². The molecule has 0 heterocycles. The van der Waals surface area contributed by atoms with Gasteiger partial charge in [0.2, 0.25) is 0 Å². The number of ether oxygens (including phenoxy) is 2. The average Bonchev–Trinajstić information content (AvgIpc) is 2.27. The van der Waals surface area contributed by atoms with Gasteiger partial charge < -0.3 is 14.6 Å².